The first kappa shape index (κ1) is 14.9. The summed E-state index contributed by atoms with van der Waals surface area (Å²) in [5.41, 5.74) is 0.795. The van der Waals surface area contributed by atoms with Crippen LogP contribution >= 0.6 is 0 Å². The Bertz CT molecular complexity index is 440. The smallest absolute Gasteiger partial charge is 0.241 e. The van der Waals surface area contributed by atoms with Crippen molar-refractivity contribution in [3.63, 3.8) is 0 Å². The van der Waals surface area contributed by atoms with Gasteiger partial charge in [-0.3, -0.25) is 4.79 Å². The quantitative estimate of drug-likeness (QED) is 0.869. The summed E-state index contributed by atoms with van der Waals surface area (Å²) >= 11 is 0. The van der Waals surface area contributed by atoms with Crippen LogP contribution in [0.3, 0.4) is 0 Å². The number of carbonyl (C=O) groups excluding carboxylic acids is 1. The zero-order chi connectivity index (χ0) is 14.4. The molecule has 1 aliphatic rings. The molecular formula is C16H24N2O2. The molecule has 0 unspecified atom stereocenters. The highest BCUT2D eigenvalue weighted by atomic mass is 16.5. The van der Waals surface area contributed by atoms with Crippen molar-refractivity contribution >= 4 is 11.6 Å². The average Bonchev–Trinajstić information content (AvgIpc) is 2.46. The SMILES string of the molecule is CC(C)COc1cccc(NC(=O)[C@H]2CCCCN2)c1. The van der Waals surface area contributed by atoms with Gasteiger partial charge in [-0.15, -0.1) is 0 Å². The maximum atomic E-state index is 12.1. The van der Waals surface area contributed by atoms with Gasteiger partial charge in [0.05, 0.1) is 12.6 Å². The second-order valence-electron chi connectivity index (χ2n) is 5.72. The zero-order valence-corrected chi connectivity index (χ0v) is 12.3. The average molecular weight is 276 g/mol. The summed E-state index contributed by atoms with van der Waals surface area (Å²) in [6, 6.07) is 7.52. The second kappa shape index (κ2) is 7.29. The van der Waals surface area contributed by atoms with Gasteiger partial charge in [-0.1, -0.05) is 26.3 Å². The molecule has 0 bridgehead atoms. The van der Waals surface area contributed by atoms with Crippen molar-refractivity contribution in [3.05, 3.63) is 24.3 Å². The third-order valence-electron chi connectivity index (χ3n) is 3.31. The minimum absolute atomic E-state index is 0.0470. The van der Waals surface area contributed by atoms with E-state index in [0.29, 0.717) is 12.5 Å². The van der Waals surface area contributed by atoms with E-state index in [1.54, 1.807) is 0 Å². The Morgan fingerprint density at radius 1 is 1.45 bits per heavy atom. The Balaban J connectivity index is 1.91. The monoisotopic (exact) mass is 276 g/mol. The summed E-state index contributed by atoms with van der Waals surface area (Å²) < 4.78 is 5.67. The van der Waals surface area contributed by atoms with Crippen molar-refractivity contribution in [3.8, 4) is 5.75 Å². The van der Waals surface area contributed by atoms with E-state index >= 15 is 0 Å². The lowest BCUT2D eigenvalue weighted by atomic mass is 10.0. The van der Waals surface area contributed by atoms with E-state index in [1.165, 1.54) is 0 Å². The van der Waals surface area contributed by atoms with Crippen molar-refractivity contribution in [1.82, 2.24) is 5.32 Å². The second-order valence-corrected chi connectivity index (χ2v) is 5.72. The van der Waals surface area contributed by atoms with Crippen molar-refractivity contribution in [1.29, 1.82) is 0 Å². The molecule has 1 heterocycles. The van der Waals surface area contributed by atoms with Gasteiger partial charge in [-0.25, -0.2) is 0 Å². The molecule has 1 amide bonds. The summed E-state index contributed by atoms with van der Waals surface area (Å²) in [7, 11) is 0. The molecule has 0 saturated carbocycles. The molecule has 4 heteroatoms. The molecule has 1 atom stereocenters. The first-order valence-electron chi connectivity index (χ1n) is 7.42. The molecule has 2 N–H and O–H groups in total. The molecule has 1 fully saturated rings. The molecule has 20 heavy (non-hydrogen) atoms. The van der Waals surface area contributed by atoms with Crippen molar-refractivity contribution in [2.75, 3.05) is 18.5 Å². The van der Waals surface area contributed by atoms with Gasteiger partial charge in [0.15, 0.2) is 0 Å². The highest BCUT2D eigenvalue weighted by molar-refractivity contribution is 5.95. The number of nitrogens with one attached hydrogen (secondary N) is 2. The van der Waals surface area contributed by atoms with Crippen LogP contribution in [0.2, 0.25) is 0 Å². The van der Waals surface area contributed by atoms with E-state index in [0.717, 1.165) is 37.2 Å². The van der Waals surface area contributed by atoms with E-state index < -0.39 is 0 Å². The van der Waals surface area contributed by atoms with Gasteiger partial charge in [0.1, 0.15) is 5.75 Å². The molecule has 4 nitrogen and oxygen atoms in total. The largest absolute Gasteiger partial charge is 0.493 e. The molecule has 110 valence electrons. The van der Waals surface area contributed by atoms with E-state index in [-0.39, 0.29) is 11.9 Å². The van der Waals surface area contributed by atoms with E-state index in [9.17, 15) is 4.79 Å². The van der Waals surface area contributed by atoms with Gasteiger partial charge < -0.3 is 15.4 Å². The highest BCUT2D eigenvalue weighted by Crippen LogP contribution is 2.19. The predicted molar refractivity (Wildman–Crippen MR) is 81.0 cm³/mol. The van der Waals surface area contributed by atoms with Crippen LogP contribution < -0.4 is 15.4 Å². The van der Waals surface area contributed by atoms with E-state index in [1.807, 2.05) is 24.3 Å². The third kappa shape index (κ3) is 4.53. The molecule has 1 aromatic rings. The van der Waals surface area contributed by atoms with Crippen LogP contribution in [0, 0.1) is 5.92 Å². The first-order valence-corrected chi connectivity index (χ1v) is 7.42. The van der Waals surface area contributed by atoms with Crippen LogP contribution in [0.5, 0.6) is 5.75 Å². The maximum absolute atomic E-state index is 12.1. The summed E-state index contributed by atoms with van der Waals surface area (Å²) in [5, 5.41) is 6.21. The van der Waals surface area contributed by atoms with Gasteiger partial charge in [-0.2, -0.15) is 0 Å². The lowest BCUT2D eigenvalue weighted by molar-refractivity contribution is -0.118. The Morgan fingerprint density at radius 3 is 3.00 bits per heavy atom. The molecule has 0 radical (unpaired) electrons. The Morgan fingerprint density at radius 2 is 2.30 bits per heavy atom. The topological polar surface area (TPSA) is 50.4 Å². The summed E-state index contributed by atoms with van der Waals surface area (Å²) in [6.07, 6.45) is 3.18. The lowest BCUT2D eigenvalue weighted by Crippen LogP contribution is -2.43. The number of rotatable bonds is 5. The lowest BCUT2D eigenvalue weighted by Gasteiger charge is -2.22. The Hall–Kier alpha value is -1.55. The number of carbonyl (C=O) groups is 1. The fourth-order valence-electron chi connectivity index (χ4n) is 2.23. The summed E-state index contributed by atoms with van der Waals surface area (Å²) in [6.45, 7) is 5.83. The molecule has 1 aliphatic heterocycles. The number of benzene rings is 1. The molecule has 0 aliphatic carbocycles. The molecule has 1 aromatic carbocycles. The molecule has 0 spiro atoms. The van der Waals surface area contributed by atoms with Crippen LogP contribution in [0.25, 0.3) is 0 Å². The number of piperidine rings is 1. The van der Waals surface area contributed by atoms with Crippen LogP contribution in [-0.2, 0) is 4.79 Å². The minimum Gasteiger partial charge on any atom is -0.493 e. The van der Waals surface area contributed by atoms with Gasteiger partial charge >= 0.3 is 0 Å². The zero-order valence-electron chi connectivity index (χ0n) is 12.3. The van der Waals surface area contributed by atoms with Gasteiger partial charge in [0.25, 0.3) is 0 Å². The van der Waals surface area contributed by atoms with Crippen molar-refractivity contribution in [2.24, 2.45) is 5.92 Å². The van der Waals surface area contributed by atoms with Gasteiger partial charge in [0, 0.05) is 11.8 Å². The Labute approximate surface area is 120 Å². The van der Waals surface area contributed by atoms with E-state index in [2.05, 4.69) is 24.5 Å². The fourth-order valence-corrected chi connectivity index (χ4v) is 2.23. The van der Waals surface area contributed by atoms with Crippen LogP contribution in [0.1, 0.15) is 33.1 Å². The Kier molecular flexibility index (Phi) is 5.41. The van der Waals surface area contributed by atoms with Crippen LogP contribution in [0.15, 0.2) is 24.3 Å². The van der Waals surface area contributed by atoms with Crippen molar-refractivity contribution < 1.29 is 9.53 Å². The minimum atomic E-state index is -0.0658. The van der Waals surface area contributed by atoms with Crippen LogP contribution in [0.4, 0.5) is 5.69 Å². The normalized spacial score (nSPS) is 18.9. The fraction of sp³-hybridized carbons (Fsp3) is 0.562. The predicted octanol–water partition coefficient (Wildman–Crippen LogP) is 2.80. The van der Waals surface area contributed by atoms with E-state index in [4.69, 9.17) is 4.74 Å². The first-order chi connectivity index (χ1) is 9.65. The van der Waals surface area contributed by atoms with Crippen molar-refractivity contribution in [2.45, 2.75) is 39.2 Å². The van der Waals surface area contributed by atoms with Gasteiger partial charge in [-0.05, 0) is 37.4 Å². The van der Waals surface area contributed by atoms with Crippen LogP contribution in [-0.4, -0.2) is 25.1 Å². The molecule has 0 aromatic heterocycles. The number of ether oxygens (including phenoxy) is 1. The molecule has 2 rings (SSSR count). The highest BCUT2D eigenvalue weighted by Gasteiger charge is 2.20. The standard InChI is InChI=1S/C16H24N2O2/c1-12(2)11-20-14-7-5-6-13(10-14)18-16(19)15-8-3-4-9-17-15/h5-7,10,12,15,17H,3-4,8-9,11H2,1-2H3,(H,18,19)/t15-/m1/s1. The maximum Gasteiger partial charge on any atom is 0.241 e. The summed E-state index contributed by atoms with van der Waals surface area (Å²) in [4.78, 5) is 12.1. The summed E-state index contributed by atoms with van der Waals surface area (Å²) in [5.74, 6) is 1.33. The van der Waals surface area contributed by atoms with Gasteiger partial charge in [0.2, 0.25) is 5.91 Å². The molecule has 1 saturated heterocycles. The number of anilines is 1. The third-order valence-corrected chi connectivity index (χ3v) is 3.31. The number of amides is 1. The molecular weight excluding hydrogens is 252 g/mol. The number of hydrogen-bond acceptors (Lipinski definition) is 3. The number of hydrogen-bond donors (Lipinski definition) is 2.